The molecule has 3 nitrogen and oxygen atoms in total. The van der Waals surface area contributed by atoms with Crippen molar-refractivity contribution in [3.05, 3.63) is 18.0 Å². The molecule has 2 atom stereocenters. The fourth-order valence-corrected chi connectivity index (χ4v) is 4.54. The zero-order valence-electron chi connectivity index (χ0n) is 9.50. The number of aryl methyl sites for hydroxylation is 1. The van der Waals surface area contributed by atoms with Gasteiger partial charge in [-0.25, -0.2) is 0 Å². The van der Waals surface area contributed by atoms with E-state index in [2.05, 4.69) is 12.0 Å². The molecule has 2 unspecified atom stereocenters. The SMILES string of the molecule is CCCn1cc(C(O)C2CSCCS2)cn1. The molecule has 0 radical (unpaired) electrons. The Kier molecular flexibility index (Phi) is 4.61. The van der Waals surface area contributed by atoms with Crippen LogP contribution >= 0.6 is 23.5 Å². The van der Waals surface area contributed by atoms with Gasteiger partial charge in [-0.1, -0.05) is 6.92 Å². The van der Waals surface area contributed by atoms with E-state index < -0.39 is 0 Å². The van der Waals surface area contributed by atoms with Crippen LogP contribution in [0.1, 0.15) is 25.0 Å². The summed E-state index contributed by atoms with van der Waals surface area (Å²) in [5, 5.41) is 14.8. The maximum absolute atomic E-state index is 10.2. The molecule has 1 aromatic heterocycles. The minimum Gasteiger partial charge on any atom is -0.387 e. The molecule has 1 aliphatic heterocycles. The summed E-state index contributed by atoms with van der Waals surface area (Å²) in [6.07, 6.45) is 4.50. The molecule has 1 aliphatic rings. The van der Waals surface area contributed by atoms with Crippen LogP contribution < -0.4 is 0 Å². The fourth-order valence-electron chi connectivity index (χ4n) is 1.79. The molecule has 0 saturated carbocycles. The molecule has 90 valence electrons. The van der Waals surface area contributed by atoms with E-state index >= 15 is 0 Å². The lowest BCUT2D eigenvalue weighted by Crippen LogP contribution is -2.22. The summed E-state index contributed by atoms with van der Waals surface area (Å²) in [7, 11) is 0. The minimum atomic E-state index is -0.358. The highest BCUT2D eigenvalue weighted by atomic mass is 32.2. The molecule has 1 saturated heterocycles. The number of hydrogen-bond donors (Lipinski definition) is 1. The summed E-state index contributed by atoms with van der Waals surface area (Å²) in [6, 6.07) is 0. The van der Waals surface area contributed by atoms with Crippen LogP contribution in [0.2, 0.25) is 0 Å². The van der Waals surface area contributed by atoms with Crippen molar-refractivity contribution < 1.29 is 5.11 Å². The second-order valence-electron chi connectivity index (χ2n) is 3.97. The van der Waals surface area contributed by atoms with Gasteiger partial charge in [0.25, 0.3) is 0 Å². The number of thioether (sulfide) groups is 2. The summed E-state index contributed by atoms with van der Waals surface area (Å²) in [6.45, 7) is 3.06. The third kappa shape index (κ3) is 2.96. The van der Waals surface area contributed by atoms with Crippen molar-refractivity contribution >= 4 is 23.5 Å². The number of rotatable bonds is 4. The third-order valence-electron chi connectivity index (χ3n) is 2.64. The smallest absolute Gasteiger partial charge is 0.0946 e. The van der Waals surface area contributed by atoms with Gasteiger partial charge < -0.3 is 5.11 Å². The Balaban J connectivity index is 1.98. The second-order valence-corrected chi connectivity index (χ2v) is 6.46. The van der Waals surface area contributed by atoms with Crippen molar-refractivity contribution in [1.29, 1.82) is 0 Å². The van der Waals surface area contributed by atoms with Gasteiger partial charge in [0.05, 0.1) is 12.3 Å². The van der Waals surface area contributed by atoms with Crippen molar-refractivity contribution in [2.45, 2.75) is 31.2 Å². The zero-order valence-corrected chi connectivity index (χ0v) is 11.1. The molecule has 5 heteroatoms. The largest absolute Gasteiger partial charge is 0.387 e. The van der Waals surface area contributed by atoms with Crippen LogP contribution in [-0.4, -0.2) is 37.4 Å². The van der Waals surface area contributed by atoms with Gasteiger partial charge in [-0.3, -0.25) is 4.68 Å². The molecule has 2 rings (SSSR count). The third-order valence-corrected chi connectivity index (χ3v) is 5.49. The topological polar surface area (TPSA) is 38.0 Å². The predicted molar refractivity (Wildman–Crippen MR) is 71.0 cm³/mol. The first kappa shape index (κ1) is 12.3. The summed E-state index contributed by atoms with van der Waals surface area (Å²) in [5.74, 6) is 3.41. The highest BCUT2D eigenvalue weighted by molar-refractivity contribution is 8.06. The fraction of sp³-hybridized carbons (Fsp3) is 0.727. The van der Waals surface area contributed by atoms with E-state index in [1.165, 1.54) is 5.75 Å². The van der Waals surface area contributed by atoms with E-state index in [-0.39, 0.29) is 6.10 Å². The normalized spacial score (nSPS) is 23.2. The lowest BCUT2D eigenvalue weighted by atomic mass is 10.1. The molecule has 0 aliphatic carbocycles. The molecule has 16 heavy (non-hydrogen) atoms. The molecule has 1 fully saturated rings. The Morgan fingerprint density at radius 1 is 1.62 bits per heavy atom. The van der Waals surface area contributed by atoms with Crippen LogP contribution in [-0.2, 0) is 6.54 Å². The Labute approximate surface area is 105 Å². The Bertz CT molecular complexity index is 324. The van der Waals surface area contributed by atoms with Gasteiger partial charge in [0, 0.05) is 40.8 Å². The molecule has 0 bridgehead atoms. The van der Waals surface area contributed by atoms with Crippen LogP contribution in [0.5, 0.6) is 0 Å². The Morgan fingerprint density at radius 3 is 3.19 bits per heavy atom. The lowest BCUT2D eigenvalue weighted by Gasteiger charge is -2.24. The summed E-state index contributed by atoms with van der Waals surface area (Å²) in [5.41, 5.74) is 0.966. The second kappa shape index (κ2) is 5.98. The van der Waals surface area contributed by atoms with Crippen molar-refractivity contribution in [2.75, 3.05) is 17.3 Å². The Hall–Kier alpha value is -0.130. The lowest BCUT2D eigenvalue weighted by molar-refractivity contribution is 0.180. The van der Waals surface area contributed by atoms with E-state index in [4.69, 9.17) is 0 Å². The van der Waals surface area contributed by atoms with E-state index in [1.807, 2.05) is 34.4 Å². The maximum Gasteiger partial charge on any atom is 0.0946 e. The van der Waals surface area contributed by atoms with Crippen LogP contribution in [0.15, 0.2) is 12.4 Å². The number of hydrogen-bond acceptors (Lipinski definition) is 4. The average Bonchev–Trinajstić information content (AvgIpc) is 2.78. The van der Waals surface area contributed by atoms with Crippen LogP contribution in [0.4, 0.5) is 0 Å². The molecule has 0 spiro atoms. The Morgan fingerprint density at radius 2 is 2.50 bits per heavy atom. The number of aliphatic hydroxyl groups is 1. The maximum atomic E-state index is 10.2. The summed E-state index contributed by atoms with van der Waals surface area (Å²) in [4.78, 5) is 0. The molecule has 2 heterocycles. The van der Waals surface area contributed by atoms with Gasteiger partial charge in [-0.2, -0.15) is 28.6 Å². The molecular formula is C11H18N2OS2. The molecule has 0 aromatic carbocycles. The summed E-state index contributed by atoms with van der Waals surface area (Å²) >= 11 is 3.82. The van der Waals surface area contributed by atoms with Gasteiger partial charge in [-0.15, -0.1) is 0 Å². The number of aromatic nitrogens is 2. The van der Waals surface area contributed by atoms with E-state index in [0.717, 1.165) is 30.0 Å². The van der Waals surface area contributed by atoms with Crippen molar-refractivity contribution in [2.24, 2.45) is 0 Å². The number of nitrogens with zero attached hydrogens (tertiary/aromatic N) is 2. The van der Waals surface area contributed by atoms with Crippen LogP contribution in [0.3, 0.4) is 0 Å². The van der Waals surface area contributed by atoms with Gasteiger partial charge in [0.2, 0.25) is 0 Å². The van der Waals surface area contributed by atoms with Crippen molar-refractivity contribution in [3.8, 4) is 0 Å². The van der Waals surface area contributed by atoms with E-state index in [9.17, 15) is 5.11 Å². The van der Waals surface area contributed by atoms with Crippen LogP contribution in [0.25, 0.3) is 0 Å². The van der Waals surface area contributed by atoms with Gasteiger partial charge >= 0.3 is 0 Å². The van der Waals surface area contributed by atoms with Gasteiger partial charge in [0.1, 0.15) is 0 Å². The standard InChI is InChI=1S/C11H18N2OS2/c1-2-3-13-7-9(6-12-13)11(14)10-8-15-4-5-16-10/h6-7,10-11,14H,2-5,8H2,1H3. The first-order chi connectivity index (χ1) is 7.81. The first-order valence-electron chi connectivity index (χ1n) is 5.71. The highest BCUT2D eigenvalue weighted by Crippen LogP contribution is 2.33. The number of aliphatic hydroxyl groups excluding tert-OH is 1. The van der Waals surface area contributed by atoms with E-state index in [0.29, 0.717) is 5.25 Å². The summed E-state index contributed by atoms with van der Waals surface area (Å²) < 4.78 is 1.92. The molecular weight excluding hydrogens is 240 g/mol. The predicted octanol–water partition coefficient (Wildman–Crippen LogP) is 2.18. The monoisotopic (exact) mass is 258 g/mol. The zero-order chi connectivity index (χ0) is 11.4. The van der Waals surface area contributed by atoms with Crippen molar-refractivity contribution in [1.82, 2.24) is 9.78 Å². The van der Waals surface area contributed by atoms with E-state index in [1.54, 1.807) is 6.20 Å². The van der Waals surface area contributed by atoms with Gasteiger partial charge in [0.15, 0.2) is 0 Å². The quantitative estimate of drug-likeness (QED) is 0.898. The minimum absolute atomic E-state index is 0.332. The first-order valence-corrected chi connectivity index (χ1v) is 7.91. The van der Waals surface area contributed by atoms with Gasteiger partial charge in [-0.05, 0) is 6.42 Å². The molecule has 0 amide bonds. The highest BCUT2D eigenvalue weighted by Gasteiger charge is 2.24. The average molecular weight is 258 g/mol. The van der Waals surface area contributed by atoms with Crippen LogP contribution in [0, 0.1) is 0 Å². The van der Waals surface area contributed by atoms with Crippen molar-refractivity contribution in [3.63, 3.8) is 0 Å². The molecule has 1 N–H and O–H groups in total. The molecule has 1 aromatic rings.